The van der Waals surface area contributed by atoms with Gasteiger partial charge in [0.2, 0.25) is 11.1 Å². The van der Waals surface area contributed by atoms with Gasteiger partial charge in [-0.2, -0.15) is 0 Å². The predicted molar refractivity (Wildman–Crippen MR) is 137 cm³/mol. The molecule has 5 nitrogen and oxygen atoms in total. The maximum Gasteiger partial charge on any atom is 0.233 e. The third-order valence-corrected chi connectivity index (χ3v) is 5.99. The Morgan fingerprint density at radius 1 is 0.788 bits per heavy atom. The number of hydrogen-bond acceptors (Lipinski definition) is 5. The highest BCUT2D eigenvalue weighted by Crippen LogP contribution is 2.30. The van der Waals surface area contributed by atoms with Crippen LogP contribution in [0.15, 0.2) is 53.7 Å². The Balaban J connectivity index is 1.87. The molecule has 0 saturated heterocycles. The molecule has 0 spiro atoms. The lowest BCUT2D eigenvalue weighted by Gasteiger charge is -2.26. The first-order valence-corrected chi connectivity index (χ1v) is 12.5. The van der Waals surface area contributed by atoms with E-state index < -0.39 is 0 Å². The number of nitrogens with zero attached hydrogens (tertiary/aromatic N) is 4. The summed E-state index contributed by atoms with van der Waals surface area (Å²) in [6.07, 6.45) is 0. The minimum absolute atomic E-state index is 0.116. The number of hydrogen-bond donors (Lipinski definition) is 0. The van der Waals surface area contributed by atoms with E-state index in [4.69, 9.17) is 4.98 Å². The van der Waals surface area contributed by atoms with Crippen LogP contribution in [0.5, 0.6) is 0 Å². The molecule has 0 saturated carbocycles. The van der Waals surface area contributed by atoms with Crippen LogP contribution in [0, 0.1) is 25.7 Å². The quantitative estimate of drug-likeness (QED) is 0.362. The fourth-order valence-electron chi connectivity index (χ4n) is 3.57. The molecule has 0 aliphatic rings. The van der Waals surface area contributed by atoms with E-state index in [2.05, 4.69) is 88.1 Å². The largest absolute Gasteiger partial charge is 0.341 e. The van der Waals surface area contributed by atoms with Crippen molar-refractivity contribution in [2.75, 3.05) is 18.8 Å². The molecule has 3 rings (SSSR count). The number of aryl methyl sites for hydroxylation is 2. The molecule has 2 aromatic carbocycles. The summed E-state index contributed by atoms with van der Waals surface area (Å²) in [5.41, 5.74) is 5.87. The van der Waals surface area contributed by atoms with E-state index in [1.54, 1.807) is 0 Å². The zero-order chi connectivity index (χ0) is 24.0. The van der Waals surface area contributed by atoms with Gasteiger partial charge in [0.05, 0.1) is 5.75 Å². The summed E-state index contributed by atoms with van der Waals surface area (Å²) in [6, 6.07) is 16.5. The smallest absolute Gasteiger partial charge is 0.233 e. The fourth-order valence-corrected chi connectivity index (χ4v) is 4.26. The first kappa shape index (κ1) is 24.9. The van der Waals surface area contributed by atoms with Gasteiger partial charge in [-0.05, 0) is 25.7 Å². The molecule has 1 amide bonds. The summed E-state index contributed by atoms with van der Waals surface area (Å²) >= 11 is 1.35. The van der Waals surface area contributed by atoms with Crippen LogP contribution < -0.4 is 0 Å². The Hall–Kier alpha value is -2.73. The SMILES string of the molecule is Cc1ccc(-c2nnc(SCC(=O)N(CC(C)C)CC(C)C)nc2-c2ccc(C)cc2)cc1. The lowest BCUT2D eigenvalue weighted by molar-refractivity contribution is -0.129. The Kier molecular flexibility index (Phi) is 8.61. The van der Waals surface area contributed by atoms with Crippen molar-refractivity contribution in [2.24, 2.45) is 11.8 Å². The lowest BCUT2D eigenvalue weighted by Crippen LogP contribution is -2.38. The van der Waals surface area contributed by atoms with Crippen LogP contribution in [-0.4, -0.2) is 44.8 Å². The van der Waals surface area contributed by atoms with Crippen LogP contribution in [-0.2, 0) is 4.79 Å². The van der Waals surface area contributed by atoms with Gasteiger partial charge in [-0.15, -0.1) is 10.2 Å². The number of benzene rings is 2. The molecule has 174 valence electrons. The van der Waals surface area contributed by atoms with Gasteiger partial charge >= 0.3 is 0 Å². The van der Waals surface area contributed by atoms with E-state index >= 15 is 0 Å². The van der Waals surface area contributed by atoms with Crippen LogP contribution >= 0.6 is 11.8 Å². The van der Waals surface area contributed by atoms with E-state index in [1.165, 1.54) is 22.9 Å². The summed E-state index contributed by atoms with van der Waals surface area (Å²) in [7, 11) is 0. The van der Waals surface area contributed by atoms with Crippen molar-refractivity contribution >= 4 is 17.7 Å². The van der Waals surface area contributed by atoms with Gasteiger partial charge in [0, 0.05) is 24.2 Å². The van der Waals surface area contributed by atoms with Crippen molar-refractivity contribution in [3.05, 3.63) is 59.7 Å². The van der Waals surface area contributed by atoms with Crippen LogP contribution in [0.2, 0.25) is 0 Å². The van der Waals surface area contributed by atoms with Gasteiger partial charge < -0.3 is 4.90 Å². The Morgan fingerprint density at radius 3 is 1.76 bits per heavy atom. The number of carbonyl (C=O) groups excluding carboxylic acids is 1. The molecule has 6 heteroatoms. The van der Waals surface area contributed by atoms with Gasteiger partial charge in [-0.25, -0.2) is 4.98 Å². The van der Waals surface area contributed by atoms with Gasteiger partial charge in [0.25, 0.3) is 0 Å². The highest BCUT2D eigenvalue weighted by Gasteiger charge is 2.19. The van der Waals surface area contributed by atoms with Crippen molar-refractivity contribution in [3.8, 4) is 22.5 Å². The molecule has 0 fully saturated rings. The monoisotopic (exact) mass is 462 g/mol. The second-order valence-electron chi connectivity index (χ2n) is 9.40. The molecule has 0 aliphatic carbocycles. The average Bonchev–Trinajstić information content (AvgIpc) is 2.77. The third-order valence-electron chi connectivity index (χ3n) is 5.17. The number of amides is 1. The van der Waals surface area contributed by atoms with E-state index in [1.807, 2.05) is 17.0 Å². The van der Waals surface area contributed by atoms with Crippen molar-refractivity contribution < 1.29 is 4.79 Å². The second-order valence-corrected chi connectivity index (χ2v) is 10.3. The minimum Gasteiger partial charge on any atom is -0.341 e. The highest BCUT2D eigenvalue weighted by atomic mass is 32.2. The minimum atomic E-state index is 0.116. The molecule has 3 aromatic rings. The summed E-state index contributed by atoms with van der Waals surface area (Å²) in [5, 5.41) is 9.42. The molecule has 0 N–H and O–H groups in total. The second kappa shape index (κ2) is 11.4. The molecular formula is C27H34N4OS. The molecule has 0 aliphatic heterocycles. The zero-order valence-electron chi connectivity index (χ0n) is 20.5. The molecule has 0 bridgehead atoms. The summed E-state index contributed by atoms with van der Waals surface area (Å²) in [4.78, 5) is 19.7. The maximum absolute atomic E-state index is 12.9. The van der Waals surface area contributed by atoms with E-state index in [-0.39, 0.29) is 5.91 Å². The van der Waals surface area contributed by atoms with Crippen molar-refractivity contribution in [2.45, 2.75) is 46.7 Å². The molecule has 1 aromatic heterocycles. The van der Waals surface area contributed by atoms with Gasteiger partial charge in [-0.1, -0.05) is 99.1 Å². The third kappa shape index (κ3) is 7.13. The topological polar surface area (TPSA) is 59.0 Å². The van der Waals surface area contributed by atoms with E-state index in [0.29, 0.717) is 22.7 Å². The molecular weight excluding hydrogens is 428 g/mol. The fraction of sp³-hybridized carbons (Fsp3) is 0.407. The molecule has 1 heterocycles. The van der Waals surface area contributed by atoms with Crippen LogP contribution in [0.4, 0.5) is 0 Å². The van der Waals surface area contributed by atoms with Crippen LogP contribution in [0.3, 0.4) is 0 Å². The standard InChI is InChI=1S/C27H34N4OS/c1-18(2)15-31(16-19(3)4)24(32)17-33-27-28-25(22-11-7-20(5)8-12-22)26(29-30-27)23-13-9-21(6)10-14-23/h7-14,18-19H,15-17H2,1-6H3. The molecule has 0 radical (unpaired) electrons. The predicted octanol–water partition coefficient (Wildman–Crippen LogP) is 6.06. The molecule has 0 atom stereocenters. The molecule has 33 heavy (non-hydrogen) atoms. The van der Waals surface area contributed by atoms with Gasteiger partial charge in [-0.3, -0.25) is 4.79 Å². The number of carbonyl (C=O) groups is 1. The van der Waals surface area contributed by atoms with Gasteiger partial charge in [0.15, 0.2) is 0 Å². The Labute approximate surface area is 202 Å². The summed E-state index contributed by atoms with van der Waals surface area (Å²) in [6.45, 7) is 14.2. The van der Waals surface area contributed by atoms with Crippen molar-refractivity contribution in [3.63, 3.8) is 0 Å². The first-order chi connectivity index (χ1) is 15.7. The zero-order valence-corrected chi connectivity index (χ0v) is 21.3. The number of thioether (sulfide) groups is 1. The Bertz CT molecular complexity index is 1050. The van der Waals surface area contributed by atoms with Gasteiger partial charge in [0.1, 0.15) is 11.4 Å². The van der Waals surface area contributed by atoms with E-state index in [9.17, 15) is 4.79 Å². The maximum atomic E-state index is 12.9. The summed E-state index contributed by atoms with van der Waals surface area (Å²) in [5.74, 6) is 1.28. The van der Waals surface area contributed by atoms with Crippen molar-refractivity contribution in [1.82, 2.24) is 20.1 Å². The normalized spacial score (nSPS) is 11.3. The number of rotatable bonds is 9. The highest BCUT2D eigenvalue weighted by molar-refractivity contribution is 7.99. The van der Waals surface area contributed by atoms with Crippen LogP contribution in [0.1, 0.15) is 38.8 Å². The first-order valence-electron chi connectivity index (χ1n) is 11.5. The molecule has 0 unspecified atom stereocenters. The van der Waals surface area contributed by atoms with E-state index in [0.717, 1.165) is 35.6 Å². The lowest BCUT2D eigenvalue weighted by atomic mass is 10.0. The van der Waals surface area contributed by atoms with Crippen molar-refractivity contribution in [1.29, 1.82) is 0 Å². The average molecular weight is 463 g/mol. The summed E-state index contributed by atoms with van der Waals surface area (Å²) < 4.78 is 0. The Morgan fingerprint density at radius 2 is 1.27 bits per heavy atom. The number of aromatic nitrogens is 3. The van der Waals surface area contributed by atoms with Crippen LogP contribution in [0.25, 0.3) is 22.5 Å².